The molecule has 3 heteroatoms. The molecule has 1 aliphatic heterocycles. The fourth-order valence-corrected chi connectivity index (χ4v) is 4.49. The lowest BCUT2D eigenvalue weighted by atomic mass is 9.95. The van der Waals surface area contributed by atoms with Gasteiger partial charge in [-0.25, -0.2) is 4.98 Å². The van der Waals surface area contributed by atoms with Crippen LogP contribution >= 0.6 is 0 Å². The average molecular weight is 356 g/mol. The van der Waals surface area contributed by atoms with Crippen LogP contribution in [-0.2, 0) is 0 Å². The van der Waals surface area contributed by atoms with Gasteiger partial charge in [0.1, 0.15) is 0 Å². The fourth-order valence-electron chi connectivity index (χ4n) is 4.49. The molecular weight excluding hydrogens is 332 g/mol. The van der Waals surface area contributed by atoms with E-state index in [0.717, 1.165) is 45.8 Å². The first-order valence-corrected chi connectivity index (χ1v) is 9.92. The minimum absolute atomic E-state index is 0.514. The van der Waals surface area contributed by atoms with Crippen molar-refractivity contribution in [2.24, 2.45) is 0 Å². The lowest BCUT2D eigenvalue weighted by Crippen LogP contribution is -2.33. The first kappa shape index (κ1) is 16.7. The SMILES string of the molecule is OC(CN1CCCCC1)c1c2ccccc2nc2c1ccc1ccccc12. The maximum absolute atomic E-state index is 11.3. The number of likely N-dealkylation sites (tertiary alicyclic amines) is 1. The molecule has 0 amide bonds. The Bertz CT molecular complexity index is 1120. The predicted octanol–water partition coefficient (Wildman–Crippen LogP) is 5.06. The summed E-state index contributed by atoms with van der Waals surface area (Å²) in [6.45, 7) is 2.86. The van der Waals surface area contributed by atoms with Crippen molar-refractivity contribution in [2.45, 2.75) is 25.4 Å². The van der Waals surface area contributed by atoms with E-state index in [9.17, 15) is 5.11 Å². The van der Waals surface area contributed by atoms with Crippen LogP contribution in [0.15, 0.2) is 60.7 Å². The highest BCUT2D eigenvalue weighted by molar-refractivity contribution is 6.10. The van der Waals surface area contributed by atoms with Crippen LogP contribution in [0, 0.1) is 0 Å². The fraction of sp³-hybridized carbons (Fsp3) is 0.292. The van der Waals surface area contributed by atoms with E-state index in [0.29, 0.717) is 6.54 Å². The van der Waals surface area contributed by atoms with Crippen molar-refractivity contribution in [3.63, 3.8) is 0 Å². The van der Waals surface area contributed by atoms with Gasteiger partial charge in [0.2, 0.25) is 0 Å². The molecule has 1 saturated heterocycles. The third-order valence-corrected chi connectivity index (χ3v) is 5.83. The van der Waals surface area contributed by atoms with Gasteiger partial charge in [0, 0.05) is 28.3 Å². The second-order valence-electron chi connectivity index (χ2n) is 7.60. The molecule has 0 saturated carbocycles. The largest absolute Gasteiger partial charge is 0.387 e. The monoisotopic (exact) mass is 356 g/mol. The van der Waals surface area contributed by atoms with Gasteiger partial charge in [-0.3, -0.25) is 0 Å². The summed E-state index contributed by atoms with van der Waals surface area (Å²) in [6, 6.07) is 20.8. The van der Waals surface area contributed by atoms with Crippen molar-refractivity contribution in [3.8, 4) is 0 Å². The third kappa shape index (κ3) is 2.97. The minimum atomic E-state index is -0.514. The van der Waals surface area contributed by atoms with E-state index in [1.165, 1.54) is 24.6 Å². The molecule has 27 heavy (non-hydrogen) atoms. The van der Waals surface area contributed by atoms with E-state index >= 15 is 0 Å². The molecule has 0 bridgehead atoms. The van der Waals surface area contributed by atoms with Gasteiger partial charge < -0.3 is 10.0 Å². The summed E-state index contributed by atoms with van der Waals surface area (Å²) in [6.07, 6.45) is 3.25. The first-order chi connectivity index (χ1) is 13.3. The van der Waals surface area contributed by atoms with Crippen LogP contribution < -0.4 is 0 Å². The molecule has 0 spiro atoms. The molecule has 2 heterocycles. The summed E-state index contributed by atoms with van der Waals surface area (Å²) in [4.78, 5) is 7.37. The maximum atomic E-state index is 11.3. The molecule has 1 aromatic heterocycles. The Morgan fingerprint density at radius 3 is 2.41 bits per heavy atom. The Kier molecular flexibility index (Phi) is 4.27. The minimum Gasteiger partial charge on any atom is -0.387 e. The maximum Gasteiger partial charge on any atom is 0.0930 e. The van der Waals surface area contributed by atoms with E-state index in [2.05, 4.69) is 47.4 Å². The molecule has 1 N–H and O–H groups in total. The number of aromatic nitrogens is 1. The van der Waals surface area contributed by atoms with Gasteiger partial charge in [-0.15, -0.1) is 0 Å². The van der Waals surface area contributed by atoms with Gasteiger partial charge in [-0.1, -0.05) is 61.0 Å². The van der Waals surface area contributed by atoms with E-state index < -0.39 is 6.10 Å². The standard InChI is InChI=1S/C24H24N2O/c27-22(16-26-14-6-1-7-15-26)23-19-10-4-5-11-21(19)25-24-18-9-3-2-8-17(18)12-13-20(23)24/h2-5,8-13,22,27H,1,6-7,14-16H2. The summed E-state index contributed by atoms with van der Waals surface area (Å²) in [5.41, 5.74) is 2.96. The van der Waals surface area contributed by atoms with Gasteiger partial charge in [-0.05, 0) is 37.4 Å². The summed E-state index contributed by atoms with van der Waals surface area (Å²) in [5.74, 6) is 0. The number of para-hydroxylation sites is 1. The molecule has 1 aliphatic rings. The summed E-state index contributed by atoms with van der Waals surface area (Å²) in [5, 5.41) is 15.7. The second-order valence-corrected chi connectivity index (χ2v) is 7.60. The predicted molar refractivity (Wildman–Crippen MR) is 112 cm³/mol. The van der Waals surface area contributed by atoms with Crippen LogP contribution in [0.4, 0.5) is 0 Å². The van der Waals surface area contributed by atoms with Crippen molar-refractivity contribution in [1.82, 2.24) is 9.88 Å². The van der Waals surface area contributed by atoms with Crippen LogP contribution in [0.5, 0.6) is 0 Å². The molecule has 4 aromatic rings. The second kappa shape index (κ2) is 6.91. The molecule has 1 atom stereocenters. The van der Waals surface area contributed by atoms with Crippen molar-refractivity contribution in [2.75, 3.05) is 19.6 Å². The van der Waals surface area contributed by atoms with Gasteiger partial charge in [0.25, 0.3) is 0 Å². The topological polar surface area (TPSA) is 36.4 Å². The molecule has 0 radical (unpaired) electrons. The van der Waals surface area contributed by atoms with Gasteiger partial charge in [-0.2, -0.15) is 0 Å². The molecule has 136 valence electrons. The normalized spacial score (nSPS) is 16.9. The highest BCUT2D eigenvalue weighted by Crippen LogP contribution is 2.35. The zero-order valence-corrected chi connectivity index (χ0v) is 15.4. The number of β-amino-alcohol motifs (C(OH)–C–C–N with tert-alkyl or cyclic N) is 1. The van der Waals surface area contributed by atoms with Crippen LogP contribution in [0.2, 0.25) is 0 Å². The number of aliphatic hydroxyl groups is 1. The lowest BCUT2D eigenvalue weighted by Gasteiger charge is -2.29. The Labute approximate surface area is 159 Å². The molecule has 0 aliphatic carbocycles. The van der Waals surface area contributed by atoms with E-state index in [1.807, 2.05) is 18.2 Å². The highest BCUT2D eigenvalue weighted by atomic mass is 16.3. The van der Waals surface area contributed by atoms with Gasteiger partial charge >= 0.3 is 0 Å². The lowest BCUT2D eigenvalue weighted by molar-refractivity contribution is 0.103. The highest BCUT2D eigenvalue weighted by Gasteiger charge is 2.21. The molecule has 1 unspecified atom stereocenters. The number of aliphatic hydroxyl groups excluding tert-OH is 1. The van der Waals surface area contributed by atoms with Crippen molar-refractivity contribution >= 4 is 32.6 Å². The average Bonchev–Trinajstić information content (AvgIpc) is 2.72. The van der Waals surface area contributed by atoms with Crippen LogP contribution in [0.3, 0.4) is 0 Å². The zero-order valence-electron chi connectivity index (χ0n) is 15.4. The number of fused-ring (bicyclic) bond motifs is 4. The number of benzene rings is 3. The number of hydrogen-bond donors (Lipinski definition) is 1. The molecule has 1 fully saturated rings. The zero-order chi connectivity index (χ0) is 18.2. The third-order valence-electron chi connectivity index (χ3n) is 5.83. The van der Waals surface area contributed by atoms with E-state index in [-0.39, 0.29) is 0 Å². The van der Waals surface area contributed by atoms with Crippen molar-refractivity contribution in [3.05, 3.63) is 66.2 Å². The Morgan fingerprint density at radius 1 is 0.815 bits per heavy atom. The summed E-state index contributed by atoms with van der Waals surface area (Å²) >= 11 is 0. The smallest absolute Gasteiger partial charge is 0.0930 e. The first-order valence-electron chi connectivity index (χ1n) is 9.92. The summed E-state index contributed by atoms with van der Waals surface area (Å²) in [7, 11) is 0. The van der Waals surface area contributed by atoms with E-state index in [4.69, 9.17) is 4.98 Å². The molecule has 3 nitrogen and oxygen atoms in total. The van der Waals surface area contributed by atoms with Crippen molar-refractivity contribution in [1.29, 1.82) is 0 Å². The summed E-state index contributed by atoms with van der Waals surface area (Å²) < 4.78 is 0. The van der Waals surface area contributed by atoms with Crippen LogP contribution in [0.1, 0.15) is 30.9 Å². The van der Waals surface area contributed by atoms with Gasteiger partial charge in [0.05, 0.1) is 17.1 Å². The molecule has 5 rings (SSSR count). The number of hydrogen-bond acceptors (Lipinski definition) is 3. The quantitative estimate of drug-likeness (QED) is 0.412. The molecule has 3 aromatic carbocycles. The van der Waals surface area contributed by atoms with Crippen molar-refractivity contribution < 1.29 is 5.11 Å². The Morgan fingerprint density at radius 2 is 1.56 bits per heavy atom. The number of rotatable bonds is 3. The Balaban J connectivity index is 1.73. The molecular formula is C24H24N2O. The number of piperidine rings is 1. The van der Waals surface area contributed by atoms with Gasteiger partial charge in [0.15, 0.2) is 0 Å². The number of nitrogens with zero attached hydrogens (tertiary/aromatic N) is 2. The van der Waals surface area contributed by atoms with Crippen LogP contribution in [-0.4, -0.2) is 34.6 Å². The number of pyridine rings is 1. The van der Waals surface area contributed by atoms with E-state index in [1.54, 1.807) is 0 Å². The Hall–Kier alpha value is -2.49. The van der Waals surface area contributed by atoms with Crippen LogP contribution in [0.25, 0.3) is 32.6 Å².